The first-order valence-electron chi connectivity index (χ1n) is 9.30. The van der Waals surface area contributed by atoms with Gasteiger partial charge in [0.2, 0.25) is 0 Å². The number of nitrogens with one attached hydrogen (secondary N) is 2. The first kappa shape index (κ1) is 20.2. The number of para-hydroxylation sites is 1. The second-order valence-electron chi connectivity index (χ2n) is 7.59. The fourth-order valence-corrected chi connectivity index (χ4v) is 2.82. The summed E-state index contributed by atoms with van der Waals surface area (Å²) < 4.78 is 10.6. The number of hydrogen-bond acceptors (Lipinski definition) is 4. The monoisotopic (exact) mass is 392 g/mol. The summed E-state index contributed by atoms with van der Waals surface area (Å²) in [5.74, 6) is 0.190. The lowest BCUT2D eigenvalue weighted by Crippen LogP contribution is -2.23. The fraction of sp³-hybridized carbons (Fsp3) is 0.217. The normalized spacial score (nSPS) is 11.0. The Balaban J connectivity index is 1.54. The topological polar surface area (TPSA) is 80.6 Å². The molecule has 0 saturated heterocycles. The first-order valence-corrected chi connectivity index (χ1v) is 9.30. The molecule has 6 nitrogen and oxygen atoms in total. The largest absolute Gasteiger partial charge is 0.484 e. The predicted molar refractivity (Wildman–Crippen MR) is 112 cm³/mol. The van der Waals surface area contributed by atoms with Crippen LogP contribution in [0.2, 0.25) is 0 Å². The molecule has 6 heteroatoms. The van der Waals surface area contributed by atoms with Crippen molar-refractivity contribution in [3.05, 3.63) is 78.3 Å². The van der Waals surface area contributed by atoms with Crippen LogP contribution in [-0.4, -0.2) is 18.4 Å². The Hall–Kier alpha value is -3.54. The first-order chi connectivity index (χ1) is 13.8. The number of amides is 2. The Labute approximate surface area is 169 Å². The van der Waals surface area contributed by atoms with E-state index in [2.05, 4.69) is 31.4 Å². The highest BCUT2D eigenvalue weighted by molar-refractivity contribution is 6.02. The molecule has 2 N–H and O–H groups in total. The third kappa shape index (κ3) is 5.48. The van der Waals surface area contributed by atoms with E-state index in [1.165, 1.54) is 6.26 Å². The third-order valence-corrected chi connectivity index (χ3v) is 4.24. The molecular formula is C23H24N2O4. The van der Waals surface area contributed by atoms with Crippen LogP contribution in [0.5, 0.6) is 5.75 Å². The van der Waals surface area contributed by atoms with Crippen molar-refractivity contribution in [3.63, 3.8) is 0 Å². The van der Waals surface area contributed by atoms with E-state index in [-0.39, 0.29) is 29.6 Å². The summed E-state index contributed by atoms with van der Waals surface area (Å²) in [5, 5.41) is 5.63. The molecule has 3 aromatic rings. The highest BCUT2D eigenvalue weighted by Crippen LogP contribution is 2.29. The van der Waals surface area contributed by atoms with Crippen molar-refractivity contribution < 1.29 is 18.7 Å². The van der Waals surface area contributed by atoms with Crippen molar-refractivity contribution in [2.24, 2.45) is 0 Å². The maximum Gasteiger partial charge on any atom is 0.291 e. The Bertz CT molecular complexity index is 971. The van der Waals surface area contributed by atoms with Crippen molar-refractivity contribution in [2.75, 3.05) is 17.2 Å². The minimum atomic E-state index is -0.333. The average Bonchev–Trinajstić information content (AvgIpc) is 3.22. The molecule has 0 saturated carbocycles. The summed E-state index contributed by atoms with van der Waals surface area (Å²) in [6.07, 6.45) is 1.44. The van der Waals surface area contributed by atoms with Gasteiger partial charge in [-0.3, -0.25) is 9.59 Å². The highest BCUT2D eigenvalue weighted by atomic mass is 16.5. The van der Waals surface area contributed by atoms with E-state index < -0.39 is 0 Å². The van der Waals surface area contributed by atoms with Crippen LogP contribution >= 0.6 is 0 Å². The quantitative estimate of drug-likeness (QED) is 0.629. The van der Waals surface area contributed by atoms with Gasteiger partial charge in [0.15, 0.2) is 12.4 Å². The zero-order valence-corrected chi connectivity index (χ0v) is 16.7. The fourth-order valence-electron chi connectivity index (χ4n) is 2.82. The van der Waals surface area contributed by atoms with E-state index in [1.807, 2.05) is 24.3 Å². The molecule has 1 heterocycles. The molecule has 2 aromatic carbocycles. The summed E-state index contributed by atoms with van der Waals surface area (Å²) in [7, 11) is 0. The van der Waals surface area contributed by atoms with Gasteiger partial charge in [0.25, 0.3) is 11.8 Å². The summed E-state index contributed by atoms with van der Waals surface area (Å²) in [6, 6.07) is 17.7. The molecule has 150 valence electrons. The number of benzene rings is 2. The van der Waals surface area contributed by atoms with Crippen LogP contribution in [0.15, 0.2) is 71.3 Å². The summed E-state index contributed by atoms with van der Waals surface area (Å²) in [5.41, 5.74) is 2.36. The molecule has 0 aliphatic carbocycles. The molecule has 0 aliphatic rings. The number of carbonyl (C=O) groups excluding carboxylic acids is 2. The number of carbonyl (C=O) groups is 2. The molecule has 0 radical (unpaired) electrons. The summed E-state index contributed by atoms with van der Waals surface area (Å²) in [6.45, 7) is 6.18. The van der Waals surface area contributed by atoms with Crippen LogP contribution in [-0.2, 0) is 10.2 Å². The van der Waals surface area contributed by atoms with Gasteiger partial charge in [-0.2, -0.15) is 0 Å². The molecule has 0 spiro atoms. The van der Waals surface area contributed by atoms with Gasteiger partial charge < -0.3 is 19.8 Å². The number of hydrogen-bond donors (Lipinski definition) is 2. The molecule has 1 aromatic heterocycles. The molecule has 2 amide bonds. The molecular weight excluding hydrogens is 368 g/mol. The summed E-state index contributed by atoms with van der Waals surface area (Å²) >= 11 is 0. The Morgan fingerprint density at radius 2 is 1.66 bits per heavy atom. The van der Waals surface area contributed by atoms with Gasteiger partial charge >= 0.3 is 0 Å². The standard InChI is InChI=1S/C23H24N2O4/c1-23(2,3)18-7-4-5-8-19(18)25-21(26)15-29-17-12-10-16(11-13-17)24-22(27)20-9-6-14-28-20/h4-14H,15H2,1-3H3,(H,24,27)(H,25,26). The van der Waals surface area contributed by atoms with Crippen LogP contribution < -0.4 is 15.4 Å². The SMILES string of the molecule is CC(C)(C)c1ccccc1NC(=O)COc1ccc(NC(=O)c2ccco2)cc1. The maximum absolute atomic E-state index is 12.3. The predicted octanol–water partition coefficient (Wildman–Crippen LogP) is 4.85. The number of ether oxygens (including phenoxy) is 1. The average molecular weight is 392 g/mol. The molecule has 29 heavy (non-hydrogen) atoms. The molecule has 0 unspecified atom stereocenters. The smallest absolute Gasteiger partial charge is 0.291 e. The van der Waals surface area contributed by atoms with Crippen LogP contribution in [0.4, 0.5) is 11.4 Å². The second kappa shape index (κ2) is 8.65. The van der Waals surface area contributed by atoms with E-state index in [4.69, 9.17) is 9.15 Å². The molecule has 3 rings (SSSR count). The number of anilines is 2. The minimum Gasteiger partial charge on any atom is -0.484 e. The highest BCUT2D eigenvalue weighted by Gasteiger charge is 2.18. The van der Waals surface area contributed by atoms with Gasteiger partial charge in [-0.1, -0.05) is 39.0 Å². The number of furan rings is 1. The Kier molecular flexibility index (Phi) is 6.02. The van der Waals surface area contributed by atoms with Crippen molar-refractivity contribution in [1.29, 1.82) is 0 Å². The molecule has 0 atom stereocenters. The summed E-state index contributed by atoms with van der Waals surface area (Å²) in [4.78, 5) is 24.3. The lowest BCUT2D eigenvalue weighted by molar-refractivity contribution is -0.118. The van der Waals surface area contributed by atoms with E-state index >= 15 is 0 Å². The number of rotatable bonds is 6. The van der Waals surface area contributed by atoms with Gasteiger partial charge in [-0.15, -0.1) is 0 Å². The lowest BCUT2D eigenvalue weighted by atomic mass is 9.86. The Morgan fingerprint density at radius 3 is 2.31 bits per heavy atom. The van der Waals surface area contributed by atoms with Crippen LogP contribution in [0, 0.1) is 0 Å². The van der Waals surface area contributed by atoms with E-state index in [0.29, 0.717) is 11.4 Å². The van der Waals surface area contributed by atoms with Crippen molar-refractivity contribution >= 4 is 23.2 Å². The van der Waals surface area contributed by atoms with Crippen LogP contribution in [0.1, 0.15) is 36.9 Å². The lowest BCUT2D eigenvalue weighted by Gasteiger charge is -2.23. The Morgan fingerprint density at radius 1 is 0.931 bits per heavy atom. The van der Waals surface area contributed by atoms with E-state index in [9.17, 15) is 9.59 Å². The van der Waals surface area contributed by atoms with Crippen LogP contribution in [0.25, 0.3) is 0 Å². The van der Waals surface area contributed by atoms with Gasteiger partial charge in [0.05, 0.1) is 6.26 Å². The second-order valence-corrected chi connectivity index (χ2v) is 7.59. The maximum atomic E-state index is 12.3. The van der Waals surface area contributed by atoms with Crippen molar-refractivity contribution in [3.8, 4) is 5.75 Å². The zero-order chi connectivity index (χ0) is 20.9. The van der Waals surface area contributed by atoms with E-state index in [1.54, 1.807) is 36.4 Å². The third-order valence-electron chi connectivity index (χ3n) is 4.24. The van der Waals surface area contributed by atoms with Crippen molar-refractivity contribution in [2.45, 2.75) is 26.2 Å². The molecule has 0 bridgehead atoms. The van der Waals surface area contributed by atoms with Gasteiger partial charge in [-0.05, 0) is 53.4 Å². The minimum absolute atomic E-state index is 0.0827. The van der Waals surface area contributed by atoms with Gasteiger partial charge in [-0.25, -0.2) is 0 Å². The van der Waals surface area contributed by atoms with Gasteiger partial charge in [0.1, 0.15) is 5.75 Å². The van der Waals surface area contributed by atoms with Crippen LogP contribution in [0.3, 0.4) is 0 Å². The van der Waals surface area contributed by atoms with E-state index in [0.717, 1.165) is 11.3 Å². The molecule has 0 fully saturated rings. The van der Waals surface area contributed by atoms with Crippen molar-refractivity contribution in [1.82, 2.24) is 0 Å². The zero-order valence-electron chi connectivity index (χ0n) is 16.7. The van der Waals surface area contributed by atoms with Gasteiger partial charge in [0, 0.05) is 11.4 Å². The molecule has 0 aliphatic heterocycles.